The fourth-order valence-electron chi connectivity index (χ4n) is 2.04. The highest BCUT2D eigenvalue weighted by Gasteiger charge is 2.12. The Kier molecular flexibility index (Phi) is 4.57. The van der Waals surface area contributed by atoms with Crippen LogP contribution in [-0.2, 0) is 13.6 Å². The molecule has 2 rings (SSSR count). The molecule has 0 aliphatic rings. The Morgan fingerprint density at radius 3 is 2.70 bits per heavy atom. The van der Waals surface area contributed by atoms with E-state index in [-0.39, 0.29) is 6.04 Å². The monoisotopic (exact) mass is 276 g/mol. The van der Waals surface area contributed by atoms with Gasteiger partial charge in [0.05, 0.1) is 20.3 Å². The van der Waals surface area contributed by atoms with Gasteiger partial charge in [0.1, 0.15) is 23.7 Å². The Morgan fingerprint density at radius 1 is 1.30 bits per heavy atom. The number of rotatable bonds is 6. The first kappa shape index (κ1) is 14.3. The van der Waals surface area contributed by atoms with Gasteiger partial charge in [-0.1, -0.05) is 6.07 Å². The van der Waals surface area contributed by atoms with Crippen LogP contribution in [-0.4, -0.2) is 29.0 Å². The molecule has 0 aliphatic heterocycles. The van der Waals surface area contributed by atoms with Gasteiger partial charge in [-0.2, -0.15) is 0 Å². The van der Waals surface area contributed by atoms with Crippen molar-refractivity contribution in [3.63, 3.8) is 0 Å². The van der Waals surface area contributed by atoms with Crippen molar-refractivity contribution in [2.45, 2.75) is 19.5 Å². The second kappa shape index (κ2) is 6.38. The van der Waals surface area contributed by atoms with Gasteiger partial charge in [0.2, 0.25) is 0 Å². The van der Waals surface area contributed by atoms with Gasteiger partial charge >= 0.3 is 0 Å². The predicted octanol–water partition coefficient (Wildman–Crippen LogP) is 1.68. The summed E-state index contributed by atoms with van der Waals surface area (Å²) in [5.41, 5.74) is 1.07. The molecule has 0 radical (unpaired) electrons. The molecule has 0 bridgehead atoms. The van der Waals surface area contributed by atoms with Crippen LogP contribution in [0.5, 0.6) is 11.5 Å². The van der Waals surface area contributed by atoms with Crippen LogP contribution in [0.3, 0.4) is 0 Å². The number of hydrogen-bond acceptors (Lipinski definition) is 5. The maximum atomic E-state index is 5.38. The molecule has 6 heteroatoms. The smallest absolute Gasteiger partial charge is 0.149 e. The van der Waals surface area contributed by atoms with Crippen molar-refractivity contribution in [3.05, 3.63) is 35.9 Å². The molecule has 1 heterocycles. The number of nitrogens with zero attached hydrogens (tertiary/aromatic N) is 3. The lowest BCUT2D eigenvalue weighted by molar-refractivity contribution is 0.388. The summed E-state index contributed by atoms with van der Waals surface area (Å²) in [5.74, 6) is 2.49. The summed E-state index contributed by atoms with van der Waals surface area (Å²) in [7, 11) is 5.23. The summed E-state index contributed by atoms with van der Waals surface area (Å²) < 4.78 is 12.5. The van der Waals surface area contributed by atoms with Crippen LogP contribution in [0.25, 0.3) is 0 Å². The van der Waals surface area contributed by atoms with Crippen molar-refractivity contribution in [2.24, 2.45) is 7.05 Å². The second-order valence-corrected chi connectivity index (χ2v) is 4.58. The fraction of sp³-hybridized carbons (Fsp3) is 0.429. The number of hydrogen-bond donors (Lipinski definition) is 1. The molecule has 2 aromatic rings. The number of methoxy groups -OCH3 is 2. The van der Waals surface area contributed by atoms with Gasteiger partial charge in [-0.25, -0.2) is 0 Å². The van der Waals surface area contributed by atoms with Gasteiger partial charge in [0.15, 0.2) is 0 Å². The minimum absolute atomic E-state index is 0.106. The molecule has 6 nitrogen and oxygen atoms in total. The lowest BCUT2D eigenvalue weighted by atomic mass is 10.1. The molecule has 1 N–H and O–H groups in total. The first-order chi connectivity index (χ1) is 9.65. The van der Waals surface area contributed by atoms with Gasteiger partial charge in [0, 0.05) is 25.2 Å². The number of nitrogens with one attached hydrogen (secondary N) is 1. The lowest BCUT2D eigenvalue weighted by Crippen LogP contribution is -2.21. The van der Waals surface area contributed by atoms with E-state index in [9.17, 15) is 0 Å². The Morgan fingerprint density at radius 2 is 2.10 bits per heavy atom. The lowest BCUT2D eigenvalue weighted by Gasteiger charge is -2.15. The average molecular weight is 276 g/mol. The molecule has 0 aliphatic carbocycles. The molecule has 0 saturated carbocycles. The van der Waals surface area contributed by atoms with Crippen molar-refractivity contribution in [1.29, 1.82) is 0 Å². The standard InChI is InChI=1S/C14H20N4O2/c1-10(14-17-16-9-18(14)2)15-8-11-5-6-12(19-3)7-13(11)20-4/h5-7,9-10,15H,8H2,1-4H3. The molecule has 1 unspecified atom stereocenters. The molecule has 1 aromatic carbocycles. The quantitative estimate of drug-likeness (QED) is 0.870. The summed E-state index contributed by atoms with van der Waals surface area (Å²) in [5, 5.41) is 11.4. The van der Waals surface area contributed by atoms with E-state index in [1.807, 2.05) is 29.8 Å². The van der Waals surface area contributed by atoms with Gasteiger partial charge in [-0.3, -0.25) is 0 Å². The highest BCUT2D eigenvalue weighted by molar-refractivity contribution is 5.40. The summed E-state index contributed by atoms with van der Waals surface area (Å²) in [6, 6.07) is 5.90. The van der Waals surface area contributed by atoms with Crippen LogP contribution in [0.2, 0.25) is 0 Å². The average Bonchev–Trinajstić information content (AvgIpc) is 2.90. The minimum Gasteiger partial charge on any atom is -0.497 e. The summed E-state index contributed by atoms with van der Waals surface area (Å²) in [6.07, 6.45) is 1.70. The van der Waals surface area contributed by atoms with E-state index in [1.165, 1.54) is 0 Å². The third-order valence-electron chi connectivity index (χ3n) is 3.23. The van der Waals surface area contributed by atoms with Crippen LogP contribution < -0.4 is 14.8 Å². The summed E-state index contributed by atoms with van der Waals surface area (Å²) >= 11 is 0. The molecule has 1 aromatic heterocycles. The van der Waals surface area contributed by atoms with E-state index in [1.54, 1.807) is 20.5 Å². The molecule has 108 valence electrons. The van der Waals surface area contributed by atoms with E-state index in [4.69, 9.17) is 9.47 Å². The largest absolute Gasteiger partial charge is 0.497 e. The van der Waals surface area contributed by atoms with Crippen LogP contribution in [0.15, 0.2) is 24.5 Å². The van der Waals surface area contributed by atoms with E-state index >= 15 is 0 Å². The van der Waals surface area contributed by atoms with Crippen LogP contribution in [0, 0.1) is 0 Å². The first-order valence-electron chi connectivity index (χ1n) is 6.44. The van der Waals surface area contributed by atoms with Crippen molar-refractivity contribution >= 4 is 0 Å². The van der Waals surface area contributed by atoms with E-state index in [0.29, 0.717) is 6.54 Å². The van der Waals surface area contributed by atoms with Crippen LogP contribution in [0.4, 0.5) is 0 Å². The van der Waals surface area contributed by atoms with Crippen LogP contribution >= 0.6 is 0 Å². The number of benzene rings is 1. The highest BCUT2D eigenvalue weighted by Crippen LogP contribution is 2.25. The molecule has 20 heavy (non-hydrogen) atoms. The third kappa shape index (κ3) is 3.08. The maximum Gasteiger partial charge on any atom is 0.149 e. The predicted molar refractivity (Wildman–Crippen MR) is 75.8 cm³/mol. The SMILES string of the molecule is COc1ccc(CNC(C)c2nncn2C)c(OC)c1. The second-order valence-electron chi connectivity index (χ2n) is 4.58. The van der Waals surface area contributed by atoms with Crippen LogP contribution in [0.1, 0.15) is 24.4 Å². The zero-order valence-corrected chi connectivity index (χ0v) is 12.3. The summed E-state index contributed by atoms with van der Waals surface area (Å²) in [6.45, 7) is 2.74. The van der Waals surface area contributed by atoms with Gasteiger partial charge in [-0.05, 0) is 13.0 Å². The van der Waals surface area contributed by atoms with Crippen molar-refractivity contribution in [2.75, 3.05) is 14.2 Å². The van der Waals surface area contributed by atoms with Crippen molar-refractivity contribution in [3.8, 4) is 11.5 Å². The molecule has 0 amide bonds. The summed E-state index contributed by atoms with van der Waals surface area (Å²) in [4.78, 5) is 0. The zero-order chi connectivity index (χ0) is 14.5. The maximum absolute atomic E-state index is 5.38. The topological polar surface area (TPSA) is 61.2 Å². The molecule has 0 fully saturated rings. The normalized spacial score (nSPS) is 12.2. The Hall–Kier alpha value is -2.08. The van der Waals surface area contributed by atoms with E-state index in [0.717, 1.165) is 22.9 Å². The molecule has 0 spiro atoms. The number of aryl methyl sites for hydroxylation is 1. The van der Waals surface area contributed by atoms with Gasteiger partial charge in [0.25, 0.3) is 0 Å². The number of ether oxygens (including phenoxy) is 2. The van der Waals surface area contributed by atoms with Gasteiger partial charge < -0.3 is 19.4 Å². The Balaban J connectivity index is 2.05. The van der Waals surface area contributed by atoms with Crippen molar-refractivity contribution < 1.29 is 9.47 Å². The molecular formula is C14H20N4O2. The first-order valence-corrected chi connectivity index (χ1v) is 6.44. The minimum atomic E-state index is 0.106. The fourth-order valence-corrected chi connectivity index (χ4v) is 2.04. The Labute approximate surface area is 118 Å². The number of aromatic nitrogens is 3. The molecule has 1 atom stereocenters. The third-order valence-corrected chi connectivity index (χ3v) is 3.23. The van der Waals surface area contributed by atoms with Gasteiger partial charge in [-0.15, -0.1) is 10.2 Å². The highest BCUT2D eigenvalue weighted by atomic mass is 16.5. The van der Waals surface area contributed by atoms with Crippen molar-refractivity contribution in [1.82, 2.24) is 20.1 Å². The Bertz CT molecular complexity index is 568. The van der Waals surface area contributed by atoms with E-state index in [2.05, 4.69) is 22.4 Å². The van der Waals surface area contributed by atoms with E-state index < -0.39 is 0 Å². The molecule has 0 saturated heterocycles. The zero-order valence-electron chi connectivity index (χ0n) is 12.3. The molecular weight excluding hydrogens is 256 g/mol.